The van der Waals surface area contributed by atoms with Crippen LogP contribution < -0.4 is 5.73 Å². The van der Waals surface area contributed by atoms with E-state index in [2.05, 4.69) is 10.1 Å². The fourth-order valence-corrected chi connectivity index (χ4v) is 5.09. The average Bonchev–Trinajstić information content (AvgIpc) is 2.63. The number of nitrogens with two attached hydrogens (primary N) is 1. The van der Waals surface area contributed by atoms with Gasteiger partial charge in [-0.1, -0.05) is 0 Å². The zero-order valence-corrected chi connectivity index (χ0v) is 9.81. The SMILES string of the molecule is NC1=NN(C2C3CC4CC(C3)CC2C4)CC1. The van der Waals surface area contributed by atoms with Crippen molar-refractivity contribution in [3.63, 3.8) is 0 Å². The molecule has 4 aliphatic carbocycles. The number of amidine groups is 1. The third kappa shape index (κ3) is 1.23. The quantitative estimate of drug-likeness (QED) is 0.730. The van der Waals surface area contributed by atoms with E-state index in [-0.39, 0.29) is 0 Å². The van der Waals surface area contributed by atoms with Gasteiger partial charge in [-0.25, -0.2) is 0 Å². The molecule has 0 radical (unpaired) electrons. The zero-order valence-electron chi connectivity index (χ0n) is 9.81. The summed E-state index contributed by atoms with van der Waals surface area (Å²) in [5.41, 5.74) is 5.83. The highest BCUT2D eigenvalue weighted by Gasteiger charge is 2.50. The second-order valence-electron chi connectivity index (χ2n) is 6.43. The van der Waals surface area contributed by atoms with Gasteiger partial charge in [0.25, 0.3) is 0 Å². The molecule has 4 fully saturated rings. The standard InChI is InChI=1S/C13H21N3/c14-12-1-2-16(15-12)13-10-4-8-3-9(6-10)7-11(13)5-8/h8-11,13H,1-7H2,(H2,14,15). The number of hydrogen-bond acceptors (Lipinski definition) is 3. The average molecular weight is 219 g/mol. The smallest absolute Gasteiger partial charge is 0.121 e. The van der Waals surface area contributed by atoms with Gasteiger partial charge >= 0.3 is 0 Å². The van der Waals surface area contributed by atoms with Crippen LogP contribution in [0.1, 0.15) is 38.5 Å². The van der Waals surface area contributed by atoms with Gasteiger partial charge in [-0.2, -0.15) is 5.10 Å². The second-order valence-corrected chi connectivity index (χ2v) is 6.43. The molecule has 0 aromatic heterocycles. The lowest BCUT2D eigenvalue weighted by Crippen LogP contribution is -2.54. The number of hydrogen-bond donors (Lipinski definition) is 1. The topological polar surface area (TPSA) is 41.6 Å². The van der Waals surface area contributed by atoms with Crippen molar-refractivity contribution in [2.24, 2.45) is 34.5 Å². The Hall–Kier alpha value is -0.730. The van der Waals surface area contributed by atoms with E-state index in [1.807, 2.05) is 0 Å². The summed E-state index contributed by atoms with van der Waals surface area (Å²) in [4.78, 5) is 0. The fourth-order valence-electron chi connectivity index (χ4n) is 5.09. The van der Waals surface area contributed by atoms with Crippen molar-refractivity contribution < 1.29 is 0 Å². The Bertz CT molecular complexity index is 308. The molecule has 0 saturated heterocycles. The summed E-state index contributed by atoms with van der Waals surface area (Å²) in [5.74, 6) is 4.84. The van der Waals surface area contributed by atoms with Crippen LogP contribution in [-0.2, 0) is 0 Å². The van der Waals surface area contributed by atoms with E-state index in [1.54, 1.807) is 0 Å². The molecule has 0 aromatic carbocycles. The van der Waals surface area contributed by atoms with E-state index < -0.39 is 0 Å². The molecule has 3 heteroatoms. The molecule has 16 heavy (non-hydrogen) atoms. The van der Waals surface area contributed by atoms with Gasteiger partial charge in [0, 0.05) is 13.0 Å². The van der Waals surface area contributed by atoms with Gasteiger partial charge in [0.15, 0.2) is 0 Å². The summed E-state index contributed by atoms with van der Waals surface area (Å²) in [6.07, 6.45) is 8.42. The lowest BCUT2D eigenvalue weighted by atomic mass is 9.54. The summed E-state index contributed by atoms with van der Waals surface area (Å²) >= 11 is 0. The molecule has 88 valence electrons. The van der Waals surface area contributed by atoms with Gasteiger partial charge in [-0.05, 0) is 55.8 Å². The second kappa shape index (κ2) is 3.14. The predicted octanol–water partition coefficient (Wildman–Crippen LogP) is 1.79. The van der Waals surface area contributed by atoms with Gasteiger partial charge in [-0.3, -0.25) is 5.01 Å². The Morgan fingerprint density at radius 2 is 1.62 bits per heavy atom. The molecule has 1 aliphatic heterocycles. The van der Waals surface area contributed by atoms with Crippen molar-refractivity contribution in [2.75, 3.05) is 6.54 Å². The molecular formula is C13H21N3. The minimum absolute atomic E-state index is 0.744. The third-order valence-corrected chi connectivity index (χ3v) is 5.38. The molecule has 0 unspecified atom stereocenters. The zero-order chi connectivity index (χ0) is 10.7. The lowest BCUT2D eigenvalue weighted by Gasteiger charge is -2.56. The van der Waals surface area contributed by atoms with Crippen molar-refractivity contribution in [2.45, 2.75) is 44.6 Å². The number of rotatable bonds is 1. The maximum absolute atomic E-state index is 5.83. The Morgan fingerprint density at radius 3 is 2.12 bits per heavy atom. The maximum Gasteiger partial charge on any atom is 0.121 e. The van der Waals surface area contributed by atoms with Gasteiger partial charge in [0.2, 0.25) is 0 Å². The maximum atomic E-state index is 5.83. The van der Waals surface area contributed by atoms with Gasteiger partial charge in [0.1, 0.15) is 5.84 Å². The van der Waals surface area contributed by atoms with Gasteiger partial charge in [0.05, 0.1) is 6.04 Å². The first-order chi connectivity index (χ1) is 7.79. The summed E-state index contributed by atoms with van der Waals surface area (Å²) in [7, 11) is 0. The van der Waals surface area contributed by atoms with E-state index in [0.29, 0.717) is 0 Å². The Kier molecular flexibility index (Phi) is 1.83. The molecule has 5 rings (SSSR count). The number of hydrazone groups is 1. The summed E-state index contributed by atoms with van der Waals surface area (Å²) < 4.78 is 0. The fraction of sp³-hybridized carbons (Fsp3) is 0.923. The molecular weight excluding hydrogens is 198 g/mol. The number of nitrogens with zero attached hydrogens (tertiary/aromatic N) is 2. The molecule has 0 spiro atoms. The Balaban J connectivity index is 1.60. The van der Waals surface area contributed by atoms with Crippen LogP contribution in [0.5, 0.6) is 0 Å². The minimum atomic E-state index is 0.744. The summed E-state index contributed by atoms with van der Waals surface area (Å²) in [5, 5.41) is 6.91. The molecule has 2 N–H and O–H groups in total. The molecule has 4 saturated carbocycles. The van der Waals surface area contributed by atoms with E-state index in [4.69, 9.17) is 5.73 Å². The van der Waals surface area contributed by atoms with Gasteiger partial charge < -0.3 is 5.73 Å². The summed E-state index contributed by atoms with van der Waals surface area (Å²) in [6.45, 7) is 1.08. The molecule has 3 nitrogen and oxygen atoms in total. The normalized spacial score (nSPS) is 49.9. The van der Waals surface area contributed by atoms with Crippen molar-refractivity contribution in [1.29, 1.82) is 0 Å². The van der Waals surface area contributed by atoms with Crippen LogP contribution in [0.15, 0.2) is 5.10 Å². The predicted molar refractivity (Wildman–Crippen MR) is 63.8 cm³/mol. The molecule has 4 bridgehead atoms. The van der Waals surface area contributed by atoms with Crippen LogP contribution in [-0.4, -0.2) is 23.4 Å². The first kappa shape index (κ1) is 9.32. The van der Waals surface area contributed by atoms with Crippen LogP contribution in [0.2, 0.25) is 0 Å². The molecule has 5 aliphatic rings. The van der Waals surface area contributed by atoms with Crippen LogP contribution in [0.25, 0.3) is 0 Å². The first-order valence-corrected chi connectivity index (χ1v) is 6.89. The van der Waals surface area contributed by atoms with E-state index in [1.165, 1.54) is 32.1 Å². The molecule has 0 atom stereocenters. The monoisotopic (exact) mass is 219 g/mol. The van der Waals surface area contributed by atoms with Crippen molar-refractivity contribution in [3.05, 3.63) is 0 Å². The molecule has 1 heterocycles. The van der Waals surface area contributed by atoms with Crippen LogP contribution in [0.4, 0.5) is 0 Å². The van der Waals surface area contributed by atoms with E-state index >= 15 is 0 Å². The third-order valence-electron chi connectivity index (χ3n) is 5.38. The van der Waals surface area contributed by atoms with Crippen molar-refractivity contribution in [1.82, 2.24) is 5.01 Å². The van der Waals surface area contributed by atoms with Crippen LogP contribution >= 0.6 is 0 Å². The largest absolute Gasteiger partial charge is 0.386 e. The van der Waals surface area contributed by atoms with E-state index in [9.17, 15) is 0 Å². The van der Waals surface area contributed by atoms with Crippen molar-refractivity contribution >= 4 is 5.84 Å². The van der Waals surface area contributed by atoms with Crippen LogP contribution in [0.3, 0.4) is 0 Å². The molecule has 0 aromatic rings. The van der Waals surface area contributed by atoms with Crippen molar-refractivity contribution in [3.8, 4) is 0 Å². The van der Waals surface area contributed by atoms with Crippen LogP contribution in [0, 0.1) is 23.7 Å². The highest BCUT2D eigenvalue weighted by molar-refractivity contribution is 5.81. The van der Waals surface area contributed by atoms with Gasteiger partial charge in [-0.15, -0.1) is 0 Å². The minimum Gasteiger partial charge on any atom is -0.386 e. The highest BCUT2D eigenvalue weighted by atomic mass is 15.5. The Labute approximate surface area is 97.1 Å². The highest BCUT2D eigenvalue weighted by Crippen LogP contribution is 2.55. The lowest BCUT2D eigenvalue weighted by molar-refractivity contribution is -0.0615. The first-order valence-electron chi connectivity index (χ1n) is 6.89. The molecule has 0 amide bonds. The Morgan fingerprint density at radius 1 is 1.00 bits per heavy atom. The van der Waals surface area contributed by atoms with E-state index in [0.717, 1.165) is 48.5 Å². The summed E-state index contributed by atoms with van der Waals surface area (Å²) in [6, 6.07) is 0.744.